The molecular formula is C53H97NO10. The Morgan fingerprint density at radius 1 is 0.562 bits per heavy atom. The number of rotatable bonds is 44. The van der Waals surface area contributed by atoms with E-state index in [1.807, 2.05) is 6.08 Å². The number of allylic oxidation sites excluding steroid dienone is 5. The van der Waals surface area contributed by atoms with Gasteiger partial charge in [0.2, 0.25) is 5.91 Å². The first kappa shape index (κ1) is 59.9. The van der Waals surface area contributed by atoms with Crippen molar-refractivity contribution >= 4 is 11.9 Å². The van der Waals surface area contributed by atoms with Crippen LogP contribution in [0.4, 0.5) is 0 Å². The molecule has 374 valence electrons. The number of amides is 1. The van der Waals surface area contributed by atoms with E-state index in [0.717, 1.165) is 89.9 Å². The minimum atomic E-state index is -1.58. The SMILES string of the molecule is CCC/C=C/CC/C=C/CC/C=C/C(O)C(COC1OC(CO)C(O)C(O)C1O)NC(=O)CCCCCCCCCCCCCCCCOC(=O)CCCCCCCCCCCCC. The number of ether oxygens (including phenoxy) is 3. The fourth-order valence-corrected chi connectivity index (χ4v) is 8.00. The second-order valence-electron chi connectivity index (χ2n) is 18.2. The maximum Gasteiger partial charge on any atom is 0.305 e. The Balaban J connectivity index is 2.16. The summed E-state index contributed by atoms with van der Waals surface area (Å²) in [4.78, 5) is 25.0. The lowest BCUT2D eigenvalue weighted by Crippen LogP contribution is -2.60. The standard InChI is InChI=1S/C53H97NO10/c1-3-5-7-9-11-13-19-23-27-31-35-39-46(56)45(44-63-53-52(61)51(60)50(59)47(43-55)64-53)54-48(57)40-36-32-28-24-21-17-15-16-18-22-26-30-34-38-42-62-49(58)41-37-33-29-25-20-14-12-10-8-6-4-2/h7,9,19,23,35,39,45-47,50-53,55-56,59-61H,3-6,8,10-18,20-22,24-34,36-38,40-44H2,1-2H3,(H,54,57)/b9-7+,23-19+,39-35+. The van der Waals surface area contributed by atoms with Gasteiger partial charge in [-0.25, -0.2) is 0 Å². The van der Waals surface area contributed by atoms with Crippen molar-refractivity contribution in [3.05, 3.63) is 36.5 Å². The average molecular weight is 908 g/mol. The molecule has 6 N–H and O–H groups in total. The number of carbonyl (C=O) groups is 2. The first-order valence-electron chi connectivity index (χ1n) is 26.3. The van der Waals surface area contributed by atoms with Gasteiger partial charge in [0.1, 0.15) is 24.4 Å². The zero-order chi connectivity index (χ0) is 46.7. The number of unbranched alkanes of at least 4 members (excludes halogenated alkanes) is 26. The van der Waals surface area contributed by atoms with Crippen LogP contribution >= 0.6 is 0 Å². The smallest absolute Gasteiger partial charge is 0.305 e. The molecule has 0 spiro atoms. The molecule has 0 aliphatic carbocycles. The predicted octanol–water partition coefficient (Wildman–Crippen LogP) is 10.8. The lowest BCUT2D eigenvalue weighted by atomic mass is 9.99. The molecule has 11 heteroatoms. The monoisotopic (exact) mass is 908 g/mol. The largest absolute Gasteiger partial charge is 0.466 e. The van der Waals surface area contributed by atoms with Crippen LogP contribution in [-0.2, 0) is 23.8 Å². The van der Waals surface area contributed by atoms with E-state index in [-0.39, 0.29) is 18.5 Å². The maximum atomic E-state index is 13.0. The summed E-state index contributed by atoms with van der Waals surface area (Å²) in [7, 11) is 0. The lowest BCUT2D eigenvalue weighted by Gasteiger charge is -2.40. The first-order valence-corrected chi connectivity index (χ1v) is 26.3. The molecule has 0 bridgehead atoms. The highest BCUT2D eigenvalue weighted by molar-refractivity contribution is 5.76. The van der Waals surface area contributed by atoms with Crippen LogP contribution in [-0.4, -0.2) is 100 Å². The van der Waals surface area contributed by atoms with Crippen molar-refractivity contribution < 1.29 is 49.3 Å². The van der Waals surface area contributed by atoms with Gasteiger partial charge in [-0.2, -0.15) is 0 Å². The molecule has 1 fully saturated rings. The number of esters is 1. The molecule has 7 atom stereocenters. The van der Waals surface area contributed by atoms with Gasteiger partial charge in [-0.15, -0.1) is 0 Å². The van der Waals surface area contributed by atoms with E-state index in [2.05, 4.69) is 43.5 Å². The highest BCUT2D eigenvalue weighted by Crippen LogP contribution is 2.23. The highest BCUT2D eigenvalue weighted by Gasteiger charge is 2.44. The van der Waals surface area contributed by atoms with E-state index in [1.54, 1.807) is 6.08 Å². The van der Waals surface area contributed by atoms with E-state index < -0.39 is 49.5 Å². The van der Waals surface area contributed by atoms with Crippen molar-refractivity contribution in [3.8, 4) is 0 Å². The topological polar surface area (TPSA) is 175 Å². The maximum absolute atomic E-state index is 13.0. The average Bonchev–Trinajstić information content (AvgIpc) is 3.29. The third-order valence-corrected chi connectivity index (χ3v) is 12.2. The van der Waals surface area contributed by atoms with Crippen LogP contribution in [0.3, 0.4) is 0 Å². The van der Waals surface area contributed by atoms with Crippen LogP contribution in [0.5, 0.6) is 0 Å². The zero-order valence-corrected chi connectivity index (χ0v) is 40.7. The second kappa shape index (κ2) is 43.5. The Hall–Kier alpha value is -2.12. The summed E-state index contributed by atoms with van der Waals surface area (Å²) in [6.45, 7) is 4.19. The number of hydrogen-bond acceptors (Lipinski definition) is 10. The van der Waals surface area contributed by atoms with Crippen LogP contribution in [0.1, 0.15) is 226 Å². The molecule has 0 aromatic rings. The molecule has 0 saturated carbocycles. The fraction of sp³-hybridized carbons (Fsp3) is 0.849. The summed E-state index contributed by atoms with van der Waals surface area (Å²) in [6, 6.07) is -0.841. The summed E-state index contributed by atoms with van der Waals surface area (Å²) >= 11 is 0. The van der Waals surface area contributed by atoms with Crippen molar-refractivity contribution in [1.82, 2.24) is 5.32 Å². The molecule has 0 aromatic carbocycles. The van der Waals surface area contributed by atoms with Crippen molar-refractivity contribution in [1.29, 1.82) is 0 Å². The van der Waals surface area contributed by atoms with Crippen molar-refractivity contribution in [2.24, 2.45) is 0 Å². The molecule has 1 saturated heterocycles. The van der Waals surface area contributed by atoms with Crippen LogP contribution < -0.4 is 5.32 Å². The van der Waals surface area contributed by atoms with Gasteiger partial charge in [0.25, 0.3) is 0 Å². The molecule has 1 aliphatic rings. The van der Waals surface area contributed by atoms with E-state index in [1.165, 1.54) is 109 Å². The summed E-state index contributed by atoms with van der Waals surface area (Å²) < 4.78 is 16.6. The molecule has 1 amide bonds. The van der Waals surface area contributed by atoms with Gasteiger partial charge >= 0.3 is 5.97 Å². The molecule has 1 rings (SSSR count). The minimum absolute atomic E-state index is 0.0254. The molecule has 1 heterocycles. The third-order valence-electron chi connectivity index (χ3n) is 12.2. The number of carbonyl (C=O) groups excluding carboxylic acids is 2. The van der Waals surface area contributed by atoms with Crippen LogP contribution in [0, 0.1) is 0 Å². The summed E-state index contributed by atoms with van der Waals surface area (Å²) in [5.41, 5.74) is 0. The number of hydrogen-bond donors (Lipinski definition) is 6. The molecule has 11 nitrogen and oxygen atoms in total. The second-order valence-corrected chi connectivity index (χ2v) is 18.2. The molecule has 7 unspecified atom stereocenters. The lowest BCUT2D eigenvalue weighted by molar-refractivity contribution is -0.302. The Morgan fingerprint density at radius 3 is 1.52 bits per heavy atom. The molecular weight excluding hydrogens is 811 g/mol. The Morgan fingerprint density at radius 2 is 1.02 bits per heavy atom. The zero-order valence-electron chi connectivity index (χ0n) is 40.7. The van der Waals surface area contributed by atoms with Gasteiger partial charge in [0.15, 0.2) is 6.29 Å². The number of aliphatic hydroxyl groups is 5. The van der Waals surface area contributed by atoms with Gasteiger partial charge in [-0.3, -0.25) is 9.59 Å². The predicted molar refractivity (Wildman–Crippen MR) is 260 cm³/mol. The molecule has 64 heavy (non-hydrogen) atoms. The number of nitrogens with one attached hydrogen (secondary N) is 1. The molecule has 0 radical (unpaired) electrons. The van der Waals surface area contributed by atoms with E-state index in [4.69, 9.17) is 14.2 Å². The summed E-state index contributed by atoms with van der Waals surface area (Å²) in [5, 5.41) is 54.1. The fourth-order valence-electron chi connectivity index (χ4n) is 8.00. The Labute approximate surface area is 390 Å². The van der Waals surface area contributed by atoms with Gasteiger partial charge < -0.3 is 45.1 Å². The van der Waals surface area contributed by atoms with E-state index in [9.17, 15) is 35.1 Å². The molecule has 0 aromatic heterocycles. The van der Waals surface area contributed by atoms with Crippen molar-refractivity contribution in [2.75, 3.05) is 19.8 Å². The van der Waals surface area contributed by atoms with Gasteiger partial charge in [0.05, 0.1) is 32.0 Å². The minimum Gasteiger partial charge on any atom is -0.466 e. The normalized spacial score (nSPS) is 20.1. The highest BCUT2D eigenvalue weighted by atomic mass is 16.7. The molecule has 1 aliphatic heterocycles. The van der Waals surface area contributed by atoms with Gasteiger partial charge in [-0.1, -0.05) is 198 Å². The van der Waals surface area contributed by atoms with Crippen LogP contribution in [0.25, 0.3) is 0 Å². The summed E-state index contributed by atoms with van der Waals surface area (Å²) in [5.74, 6) is -0.234. The third kappa shape index (κ3) is 33.4. The van der Waals surface area contributed by atoms with E-state index >= 15 is 0 Å². The number of aliphatic hydroxyl groups excluding tert-OH is 5. The first-order chi connectivity index (χ1) is 31.2. The van der Waals surface area contributed by atoms with Crippen molar-refractivity contribution in [3.63, 3.8) is 0 Å². The quantitative estimate of drug-likeness (QED) is 0.0196. The Bertz CT molecular complexity index is 1160. The van der Waals surface area contributed by atoms with Crippen LogP contribution in [0.15, 0.2) is 36.5 Å². The van der Waals surface area contributed by atoms with Gasteiger partial charge in [-0.05, 0) is 51.4 Å². The van der Waals surface area contributed by atoms with Crippen molar-refractivity contribution in [2.45, 2.75) is 269 Å². The van der Waals surface area contributed by atoms with Gasteiger partial charge in [0, 0.05) is 12.8 Å². The summed E-state index contributed by atoms with van der Waals surface area (Å²) in [6.07, 6.45) is 40.8. The Kier molecular flexibility index (Phi) is 40.7. The van der Waals surface area contributed by atoms with E-state index in [0.29, 0.717) is 19.4 Å². The van der Waals surface area contributed by atoms with Crippen LogP contribution in [0.2, 0.25) is 0 Å².